The maximum atomic E-state index is 11.7. The summed E-state index contributed by atoms with van der Waals surface area (Å²) in [4.78, 5) is 11.7. The third-order valence-corrected chi connectivity index (χ3v) is 4.08. The van der Waals surface area contributed by atoms with Crippen molar-refractivity contribution >= 4 is 5.78 Å². The van der Waals surface area contributed by atoms with Crippen LogP contribution >= 0.6 is 0 Å². The molecule has 2 saturated heterocycles. The average molecular weight is 340 g/mol. The summed E-state index contributed by atoms with van der Waals surface area (Å²) in [5.74, 6) is 0.0415. The van der Waals surface area contributed by atoms with Gasteiger partial charge in [0.2, 0.25) is 0 Å². The fourth-order valence-corrected chi connectivity index (χ4v) is 2.61. The molecule has 2 aliphatic rings. The third kappa shape index (κ3) is 6.09. The smallest absolute Gasteiger partial charge is 0.141 e. The minimum absolute atomic E-state index is 0.137. The molecule has 2 aromatic carbocycles. The SMILES string of the molecule is C(OCC1CO1)C1CO1.CC(=O)C(c1ccccc1)c1ccccc1. The highest BCUT2D eigenvalue weighted by Crippen LogP contribution is 2.25. The fraction of sp³-hybridized carbons (Fsp3) is 0.381. The zero-order valence-corrected chi connectivity index (χ0v) is 14.5. The highest BCUT2D eigenvalue weighted by Gasteiger charge is 2.26. The molecule has 4 heteroatoms. The summed E-state index contributed by atoms with van der Waals surface area (Å²) in [6, 6.07) is 19.8. The van der Waals surface area contributed by atoms with Crippen molar-refractivity contribution in [1.82, 2.24) is 0 Å². The first-order chi connectivity index (χ1) is 12.2. The van der Waals surface area contributed by atoms with Gasteiger partial charge in [0.15, 0.2) is 0 Å². The monoisotopic (exact) mass is 340 g/mol. The number of epoxide rings is 2. The van der Waals surface area contributed by atoms with Crippen molar-refractivity contribution in [2.45, 2.75) is 25.0 Å². The molecule has 2 unspecified atom stereocenters. The Balaban J connectivity index is 0.000000170. The second-order valence-corrected chi connectivity index (χ2v) is 6.31. The zero-order chi connectivity index (χ0) is 17.5. The highest BCUT2D eigenvalue weighted by atomic mass is 16.6. The molecule has 25 heavy (non-hydrogen) atoms. The highest BCUT2D eigenvalue weighted by molar-refractivity contribution is 5.86. The Morgan fingerprint density at radius 2 is 1.32 bits per heavy atom. The molecule has 2 aliphatic heterocycles. The van der Waals surface area contributed by atoms with E-state index in [0.717, 1.165) is 37.6 Å². The minimum atomic E-state index is -0.137. The number of hydrogen-bond donors (Lipinski definition) is 0. The van der Waals surface area contributed by atoms with Gasteiger partial charge in [0.05, 0.1) is 32.3 Å². The van der Waals surface area contributed by atoms with Crippen LogP contribution in [-0.4, -0.2) is 44.4 Å². The summed E-state index contributed by atoms with van der Waals surface area (Å²) in [6.07, 6.45) is 0.785. The van der Waals surface area contributed by atoms with Crippen LogP contribution in [0.3, 0.4) is 0 Å². The number of ether oxygens (including phenoxy) is 3. The standard InChI is InChI=1S/C15H14O.C6H10O3/c1-12(16)15(13-8-4-2-5-9-13)14-10-6-3-7-11-14;1(5-3-8-5)7-2-6-4-9-6/h2-11,15H,1H3;5-6H,1-4H2. The topological polar surface area (TPSA) is 51.4 Å². The van der Waals surface area contributed by atoms with Gasteiger partial charge in [0, 0.05) is 0 Å². The Kier molecular flexibility index (Phi) is 6.34. The first-order valence-electron chi connectivity index (χ1n) is 8.65. The van der Waals surface area contributed by atoms with Crippen molar-refractivity contribution in [3.63, 3.8) is 0 Å². The summed E-state index contributed by atoms with van der Waals surface area (Å²) in [5.41, 5.74) is 2.11. The second kappa shape index (κ2) is 8.90. The first kappa shape index (κ1) is 17.8. The molecule has 2 heterocycles. The van der Waals surface area contributed by atoms with Crippen LogP contribution in [-0.2, 0) is 19.0 Å². The van der Waals surface area contributed by atoms with Crippen LogP contribution in [0.2, 0.25) is 0 Å². The van der Waals surface area contributed by atoms with Crippen molar-refractivity contribution < 1.29 is 19.0 Å². The molecule has 4 nitrogen and oxygen atoms in total. The van der Waals surface area contributed by atoms with Gasteiger partial charge in [-0.25, -0.2) is 0 Å². The molecule has 0 bridgehead atoms. The Bertz CT molecular complexity index is 597. The summed E-state index contributed by atoms with van der Waals surface area (Å²) in [5, 5.41) is 0. The lowest BCUT2D eigenvalue weighted by molar-refractivity contribution is -0.117. The summed E-state index contributed by atoms with van der Waals surface area (Å²) < 4.78 is 15.1. The summed E-state index contributed by atoms with van der Waals surface area (Å²) in [6.45, 7) is 4.90. The lowest BCUT2D eigenvalue weighted by Gasteiger charge is -2.14. The summed E-state index contributed by atoms with van der Waals surface area (Å²) in [7, 11) is 0. The van der Waals surface area contributed by atoms with E-state index in [1.54, 1.807) is 6.92 Å². The summed E-state index contributed by atoms with van der Waals surface area (Å²) >= 11 is 0. The number of benzene rings is 2. The maximum absolute atomic E-state index is 11.7. The lowest BCUT2D eigenvalue weighted by atomic mass is 9.88. The van der Waals surface area contributed by atoms with E-state index in [2.05, 4.69) is 0 Å². The van der Waals surface area contributed by atoms with Gasteiger partial charge in [-0.1, -0.05) is 60.7 Å². The van der Waals surface area contributed by atoms with E-state index < -0.39 is 0 Å². The van der Waals surface area contributed by atoms with Crippen LogP contribution in [0.15, 0.2) is 60.7 Å². The van der Waals surface area contributed by atoms with E-state index in [4.69, 9.17) is 14.2 Å². The zero-order valence-electron chi connectivity index (χ0n) is 14.5. The van der Waals surface area contributed by atoms with Gasteiger partial charge < -0.3 is 14.2 Å². The van der Waals surface area contributed by atoms with Crippen LogP contribution in [0, 0.1) is 0 Å². The number of Topliss-reactive ketones (excluding diaryl/α,β-unsaturated/α-hetero) is 1. The number of hydrogen-bond acceptors (Lipinski definition) is 4. The van der Waals surface area contributed by atoms with E-state index in [-0.39, 0.29) is 11.7 Å². The Labute approximate surface area is 148 Å². The van der Waals surface area contributed by atoms with Crippen molar-refractivity contribution in [2.75, 3.05) is 26.4 Å². The largest absolute Gasteiger partial charge is 0.376 e. The number of rotatable bonds is 7. The van der Waals surface area contributed by atoms with E-state index in [0.29, 0.717) is 12.2 Å². The van der Waals surface area contributed by atoms with Crippen molar-refractivity contribution in [1.29, 1.82) is 0 Å². The van der Waals surface area contributed by atoms with Gasteiger partial charge in [-0.2, -0.15) is 0 Å². The van der Waals surface area contributed by atoms with E-state index in [1.165, 1.54) is 0 Å². The number of carbonyl (C=O) groups excluding carboxylic acids is 1. The van der Waals surface area contributed by atoms with Crippen LogP contribution in [0.4, 0.5) is 0 Å². The van der Waals surface area contributed by atoms with Crippen molar-refractivity contribution in [2.24, 2.45) is 0 Å². The van der Waals surface area contributed by atoms with Gasteiger partial charge in [0.1, 0.15) is 18.0 Å². The number of ketones is 1. The first-order valence-corrected chi connectivity index (χ1v) is 8.65. The predicted molar refractivity (Wildman–Crippen MR) is 95.7 cm³/mol. The third-order valence-electron chi connectivity index (χ3n) is 4.08. The molecule has 0 saturated carbocycles. The van der Waals surface area contributed by atoms with E-state index in [1.807, 2.05) is 60.7 Å². The molecule has 0 radical (unpaired) electrons. The van der Waals surface area contributed by atoms with E-state index in [9.17, 15) is 4.79 Å². The van der Waals surface area contributed by atoms with E-state index >= 15 is 0 Å². The molecule has 0 amide bonds. The molecule has 2 fully saturated rings. The van der Waals surface area contributed by atoms with Crippen molar-refractivity contribution in [3.8, 4) is 0 Å². The normalized spacial score (nSPS) is 20.6. The molecule has 0 N–H and O–H groups in total. The molecule has 2 atom stereocenters. The van der Waals surface area contributed by atoms with Gasteiger partial charge in [-0.15, -0.1) is 0 Å². The predicted octanol–water partition coefficient (Wildman–Crippen LogP) is 3.21. The van der Waals surface area contributed by atoms with Crippen LogP contribution in [0.1, 0.15) is 24.0 Å². The van der Waals surface area contributed by atoms with Crippen LogP contribution in [0.5, 0.6) is 0 Å². The molecular weight excluding hydrogens is 316 g/mol. The number of carbonyl (C=O) groups is 1. The van der Waals surface area contributed by atoms with Crippen LogP contribution < -0.4 is 0 Å². The minimum Gasteiger partial charge on any atom is -0.376 e. The fourth-order valence-electron chi connectivity index (χ4n) is 2.61. The van der Waals surface area contributed by atoms with Crippen molar-refractivity contribution in [3.05, 3.63) is 71.8 Å². The molecule has 0 aromatic heterocycles. The maximum Gasteiger partial charge on any atom is 0.141 e. The quantitative estimate of drug-likeness (QED) is 0.726. The molecule has 0 spiro atoms. The molecular formula is C21H24O4. The second-order valence-electron chi connectivity index (χ2n) is 6.31. The van der Waals surface area contributed by atoms with Gasteiger partial charge in [-0.05, 0) is 18.1 Å². The average Bonchev–Trinajstić information content (AvgIpc) is 3.53. The molecule has 4 rings (SSSR count). The van der Waals surface area contributed by atoms with Gasteiger partial charge in [0.25, 0.3) is 0 Å². The Hall–Kier alpha value is -2.01. The Morgan fingerprint density at radius 3 is 1.64 bits per heavy atom. The Morgan fingerprint density at radius 1 is 0.920 bits per heavy atom. The van der Waals surface area contributed by atoms with Gasteiger partial charge >= 0.3 is 0 Å². The van der Waals surface area contributed by atoms with Crippen LogP contribution in [0.25, 0.3) is 0 Å². The van der Waals surface area contributed by atoms with Gasteiger partial charge in [-0.3, -0.25) is 4.79 Å². The molecule has 0 aliphatic carbocycles. The lowest BCUT2D eigenvalue weighted by Crippen LogP contribution is -2.10. The molecule has 132 valence electrons. The molecule has 2 aromatic rings.